The van der Waals surface area contributed by atoms with Gasteiger partial charge in [-0.15, -0.1) is 0 Å². The molecule has 0 aliphatic carbocycles. The van der Waals surface area contributed by atoms with E-state index in [0.29, 0.717) is 12.3 Å². The van der Waals surface area contributed by atoms with Crippen molar-refractivity contribution >= 4 is 17.3 Å². The van der Waals surface area contributed by atoms with Crippen LogP contribution in [0.15, 0.2) is 24.3 Å². The van der Waals surface area contributed by atoms with Crippen LogP contribution in [-0.2, 0) is 4.79 Å². The minimum Gasteiger partial charge on any atom is -0.399 e. The molecule has 4 heteroatoms. The molecule has 3 N–H and O–H groups in total. The number of carbonyl (C=O) groups is 1. The van der Waals surface area contributed by atoms with E-state index in [-0.39, 0.29) is 5.91 Å². The van der Waals surface area contributed by atoms with Crippen molar-refractivity contribution in [3.8, 4) is 0 Å². The minimum absolute atomic E-state index is 0.149. The van der Waals surface area contributed by atoms with Crippen molar-refractivity contribution in [1.29, 1.82) is 0 Å². The molecule has 0 bridgehead atoms. The zero-order valence-corrected chi connectivity index (χ0v) is 12.9. The van der Waals surface area contributed by atoms with Gasteiger partial charge in [0.2, 0.25) is 5.91 Å². The van der Waals surface area contributed by atoms with E-state index < -0.39 is 0 Å². The fourth-order valence-electron chi connectivity index (χ4n) is 1.92. The minimum atomic E-state index is 0.149. The maximum absolute atomic E-state index is 11.6. The van der Waals surface area contributed by atoms with E-state index in [1.165, 1.54) is 0 Å². The molecule has 0 aliphatic rings. The molecule has 20 heavy (non-hydrogen) atoms. The lowest BCUT2D eigenvalue weighted by Crippen LogP contribution is -2.26. The van der Waals surface area contributed by atoms with Crippen molar-refractivity contribution in [2.45, 2.75) is 33.1 Å². The Labute approximate surface area is 122 Å². The topological polar surface area (TPSA) is 58.4 Å². The first-order valence-corrected chi connectivity index (χ1v) is 7.32. The Balaban J connectivity index is 2.19. The third-order valence-electron chi connectivity index (χ3n) is 3.28. The highest BCUT2D eigenvalue weighted by molar-refractivity contribution is 5.75. The summed E-state index contributed by atoms with van der Waals surface area (Å²) in [5.41, 5.74) is 7.56. The Kier molecular flexibility index (Phi) is 6.91. The zero-order valence-electron chi connectivity index (χ0n) is 12.9. The van der Waals surface area contributed by atoms with Crippen LogP contribution in [0, 0.1) is 5.92 Å². The standard InChI is InChI=1S/C16H27N3O/c1-13(2)10-11-18-16(20)5-4-12-19(3)15-8-6-14(17)7-9-15/h6-9,13H,4-5,10-12,17H2,1-3H3,(H,18,20). The number of hydrogen-bond acceptors (Lipinski definition) is 3. The van der Waals surface area contributed by atoms with Crippen molar-refractivity contribution in [3.63, 3.8) is 0 Å². The SMILES string of the molecule is CC(C)CCNC(=O)CCCN(C)c1ccc(N)cc1. The molecule has 0 saturated heterocycles. The first-order valence-electron chi connectivity index (χ1n) is 7.32. The number of rotatable bonds is 8. The molecule has 4 nitrogen and oxygen atoms in total. The molecule has 0 atom stereocenters. The Morgan fingerprint density at radius 1 is 1.30 bits per heavy atom. The zero-order chi connectivity index (χ0) is 15.0. The summed E-state index contributed by atoms with van der Waals surface area (Å²) in [5.74, 6) is 0.781. The summed E-state index contributed by atoms with van der Waals surface area (Å²) in [6, 6.07) is 7.78. The highest BCUT2D eigenvalue weighted by Crippen LogP contribution is 2.15. The van der Waals surface area contributed by atoms with Crippen molar-refractivity contribution in [2.75, 3.05) is 30.8 Å². The van der Waals surface area contributed by atoms with Gasteiger partial charge in [0.25, 0.3) is 0 Å². The molecular weight excluding hydrogens is 250 g/mol. The normalized spacial score (nSPS) is 10.6. The number of benzene rings is 1. The quantitative estimate of drug-likeness (QED) is 0.718. The van der Waals surface area contributed by atoms with E-state index in [0.717, 1.165) is 37.3 Å². The van der Waals surface area contributed by atoms with Gasteiger partial charge in [0.05, 0.1) is 0 Å². The summed E-state index contributed by atoms with van der Waals surface area (Å²) in [7, 11) is 2.03. The summed E-state index contributed by atoms with van der Waals surface area (Å²) < 4.78 is 0. The highest BCUT2D eigenvalue weighted by atomic mass is 16.1. The van der Waals surface area contributed by atoms with Gasteiger partial charge in [0, 0.05) is 37.9 Å². The van der Waals surface area contributed by atoms with E-state index in [9.17, 15) is 4.79 Å². The van der Waals surface area contributed by atoms with Crippen LogP contribution < -0.4 is 16.0 Å². The molecule has 1 amide bonds. The lowest BCUT2D eigenvalue weighted by atomic mass is 10.1. The Bertz CT molecular complexity index is 401. The fraction of sp³-hybridized carbons (Fsp3) is 0.562. The molecule has 0 aromatic heterocycles. The van der Waals surface area contributed by atoms with Crippen LogP contribution in [0.25, 0.3) is 0 Å². The third kappa shape index (κ3) is 6.45. The lowest BCUT2D eigenvalue weighted by molar-refractivity contribution is -0.121. The molecule has 0 aliphatic heterocycles. The Hall–Kier alpha value is -1.71. The monoisotopic (exact) mass is 277 g/mol. The predicted octanol–water partition coefficient (Wildman–Crippen LogP) is 2.65. The van der Waals surface area contributed by atoms with Crippen LogP contribution in [0.1, 0.15) is 33.1 Å². The Morgan fingerprint density at radius 3 is 2.55 bits per heavy atom. The van der Waals surface area contributed by atoms with E-state index in [4.69, 9.17) is 5.73 Å². The van der Waals surface area contributed by atoms with Gasteiger partial charge in [-0.05, 0) is 43.0 Å². The number of nitrogens with one attached hydrogen (secondary N) is 1. The maximum atomic E-state index is 11.6. The van der Waals surface area contributed by atoms with Crippen LogP contribution in [0.3, 0.4) is 0 Å². The summed E-state index contributed by atoms with van der Waals surface area (Å²) in [4.78, 5) is 13.8. The second kappa shape index (κ2) is 8.46. The van der Waals surface area contributed by atoms with Gasteiger partial charge in [0.1, 0.15) is 0 Å². The molecule has 0 fully saturated rings. The summed E-state index contributed by atoms with van der Waals surface area (Å²) >= 11 is 0. The number of hydrogen-bond donors (Lipinski definition) is 2. The molecule has 1 aromatic carbocycles. The number of amides is 1. The molecule has 0 unspecified atom stereocenters. The van der Waals surface area contributed by atoms with Crippen LogP contribution in [0.5, 0.6) is 0 Å². The van der Waals surface area contributed by atoms with Gasteiger partial charge < -0.3 is 16.0 Å². The third-order valence-corrected chi connectivity index (χ3v) is 3.28. The van der Waals surface area contributed by atoms with Crippen LogP contribution in [-0.4, -0.2) is 26.0 Å². The molecule has 1 aromatic rings. The van der Waals surface area contributed by atoms with E-state index in [1.807, 2.05) is 31.3 Å². The van der Waals surface area contributed by atoms with Gasteiger partial charge >= 0.3 is 0 Å². The van der Waals surface area contributed by atoms with E-state index in [2.05, 4.69) is 24.1 Å². The van der Waals surface area contributed by atoms with Gasteiger partial charge in [-0.3, -0.25) is 4.79 Å². The number of nitrogen functional groups attached to an aromatic ring is 1. The lowest BCUT2D eigenvalue weighted by Gasteiger charge is -2.19. The van der Waals surface area contributed by atoms with Gasteiger partial charge in [0.15, 0.2) is 0 Å². The van der Waals surface area contributed by atoms with Crippen molar-refractivity contribution in [3.05, 3.63) is 24.3 Å². The van der Waals surface area contributed by atoms with Crippen LogP contribution in [0.2, 0.25) is 0 Å². The number of carbonyl (C=O) groups excluding carboxylic acids is 1. The molecule has 0 heterocycles. The van der Waals surface area contributed by atoms with Gasteiger partial charge in [-0.25, -0.2) is 0 Å². The molecule has 0 spiro atoms. The highest BCUT2D eigenvalue weighted by Gasteiger charge is 2.04. The maximum Gasteiger partial charge on any atom is 0.220 e. The van der Waals surface area contributed by atoms with Gasteiger partial charge in [-0.1, -0.05) is 13.8 Å². The predicted molar refractivity (Wildman–Crippen MR) is 85.8 cm³/mol. The van der Waals surface area contributed by atoms with Crippen LogP contribution in [0.4, 0.5) is 11.4 Å². The number of anilines is 2. The second-order valence-electron chi connectivity index (χ2n) is 5.65. The number of nitrogens with two attached hydrogens (primary N) is 1. The van der Waals surface area contributed by atoms with Crippen molar-refractivity contribution in [2.24, 2.45) is 5.92 Å². The largest absolute Gasteiger partial charge is 0.399 e. The summed E-state index contributed by atoms with van der Waals surface area (Å²) in [5, 5.41) is 2.96. The van der Waals surface area contributed by atoms with E-state index >= 15 is 0 Å². The smallest absolute Gasteiger partial charge is 0.220 e. The first-order chi connectivity index (χ1) is 9.49. The molecule has 0 radical (unpaired) electrons. The summed E-state index contributed by atoms with van der Waals surface area (Å²) in [6.07, 6.45) is 2.48. The number of nitrogens with zero attached hydrogens (tertiary/aromatic N) is 1. The second-order valence-corrected chi connectivity index (χ2v) is 5.65. The molecule has 0 saturated carbocycles. The van der Waals surface area contributed by atoms with Crippen molar-refractivity contribution < 1.29 is 4.79 Å². The molecule has 1 rings (SSSR count). The van der Waals surface area contributed by atoms with E-state index in [1.54, 1.807) is 0 Å². The molecular formula is C16H27N3O. The molecule has 112 valence electrons. The average Bonchev–Trinajstić information content (AvgIpc) is 2.39. The fourth-order valence-corrected chi connectivity index (χ4v) is 1.92. The summed E-state index contributed by atoms with van der Waals surface area (Å²) in [6.45, 7) is 5.97. The first kappa shape index (κ1) is 16.3. The van der Waals surface area contributed by atoms with Crippen molar-refractivity contribution in [1.82, 2.24) is 5.32 Å². The van der Waals surface area contributed by atoms with Crippen LogP contribution >= 0.6 is 0 Å². The Morgan fingerprint density at radius 2 is 1.95 bits per heavy atom. The average molecular weight is 277 g/mol. The van der Waals surface area contributed by atoms with Gasteiger partial charge in [-0.2, -0.15) is 0 Å².